The van der Waals surface area contributed by atoms with E-state index in [9.17, 15) is 0 Å². The molecule has 0 aromatic heterocycles. The third-order valence-electron chi connectivity index (χ3n) is 13.9. The molecule has 67 heavy (non-hydrogen) atoms. The molecule has 9 aromatic rings. The zero-order valence-electron chi connectivity index (χ0n) is 39.8. The van der Waals surface area contributed by atoms with Gasteiger partial charge in [-0.2, -0.15) is 0 Å². The third-order valence-corrected chi connectivity index (χ3v) is 13.9. The lowest BCUT2D eigenvalue weighted by Gasteiger charge is -2.45. The number of fused-ring (bicyclic) bond motifs is 4. The molecule has 0 fully saturated rings. The van der Waals surface area contributed by atoms with E-state index in [4.69, 9.17) is 0 Å². The maximum Gasteiger partial charge on any atom is 0.252 e. The molecule has 326 valence electrons. The van der Waals surface area contributed by atoms with Gasteiger partial charge in [-0.3, -0.25) is 0 Å². The van der Waals surface area contributed by atoms with Gasteiger partial charge in [0, 0.05) is 56.9 Å². The predicted octanol–water partition coefficient (Wildman–Crippen LogP) is 15.2. The summed E-state index contributed by atoms with van der Waals surface area (Å²) in [5.74, 6) is 0. The molecule has 0 amide bonds. The van der Waals surface area contributed by atoms with Crippen molar-refractivity contribution in [3.8, 4) is 0 Å². The van der Waals surface area contributed by atoms with Crippen molar-refractivity contribution in [2.75, 3.05) is 19.6 Å². The minimum absolute atomic E-state index is 0.0421. The van der Waals surface area contributed by atoms with E-state index in [1.165, 1.54) is 83.6 Å². The van der Waals surface area contributed by atoms with Crippen LogP contribution in [0.2, 0.25) is 0 Å². The van der Waals surface area contributed by atoms with Gasteiger partial charge in [0.1, 0.15) is 0 Å². The zero-order valence-corrected chi connectivity index (χ0v) is 39.8. The highest BCUT2D eigenvalue weighted by molar-refractivity contribution is 7.00. The van der Waals surface area contributed by atoms with Crippen LogP contribution in [0.1, 0.15) is 44.5 Å². The average molecular weight is 867 g/mol. The Kier molecular flexibility index (Phi) is 10.4. The van der Waals surface area contributed by atoms with Crippen LogP contribution in [0.4, 0.5) is 68.2 Å². The van der Waals surface area contributed by atoms with Gasteiger partial charge in [-0.1, -0.05) is 124 Å². The highest BCUT2D eigenvalue weighted by Gasteiger charge is 2.44. The summed E-state index contributed by atoms with van der Waals surface area (Å²) in [7, 11) is 0. The van der Waals surface area contributed by atoms with E-state index < -0.39 is 0 Å². The summed E-state index contributed by atoms with van der Waals surface area (Å²) < 4.78 is 0. The van der Waals surface area contributed by atoms with Crippen LogP contribution in [0.15, 0.2) is 188 Å². The first kappa shape index (κ1) is 41.9. The molecule has 0 saturated heterocycles. The van der Waals surface area contributed by atoms with E-state index in [1.54, 1.807) is 0 Å². The normalized spacial score (nSPS) is 12.4. The first-order chi connectivity index (χ1) is 32.5. The van der Waals surface area contributed by atoms with E-state index in [1.807, 2.05) is 0 Å². The first-order valence-electron chi connectivity index (χ1n) is 23.5. The standard InChI is InChI=1S/C62H55BN4/c1-40-12-24-48(25-13-40)64(49-26-14-41(2)15-27-49)58-38-60-54(36-46(58)7)63-55-37-47(8)59(65(50-28-16-42(3)17-29-50)51-30-18-43(4)19-31-51)39-61(55)67(53-34-22-45(6)23-35-53)57-11-9-10-56(62(57)63)66(60)52-32-20-44(5)21-33-52/h9-39H,1-8H3. The van der Waals surface area contributed by atoms with Crippen LogP contribution in [-0.4, -0.2) is 6.71 Å². The molecular weight excluding hydrogens is 812 g/mol. The molecule has 2 aliphatic rings. The fraction of sp³-hybridized carbons (Fsp3) is 0.129. The Balaban J connectivity index is 1.20. The molecule has 0 atom stereocenters. The summed E-state index contributed by atoms with van der Waals surface area (Å²) in [5, 5.41) is 0. The van der Waals surface area contributed by atoms with Crippen molar-refractivity contribution in [2.24, 2.45) is 0 Å². The Bertz CT molecular complexity index is 2990. The van der Waals surface area contributed by atoms with Crippen molar-refractivity contribution in [3.63, 3.8) is 0 Å². The summed E-state index contributed by atoms with van der Waals surface area (Å²) in [6.45, 7) is 17.5. The lowest BCUT2D eigenvalue weighted by atomic mass is 9.33. The molecule has 0 spiro atoms. The Morgan fingerprint density at radius 1 is 0.313 bits per heavy atom. The Hall–Kier alpha value is -7.76. The van der Waals surface area contributed by atoms with Gasteiger partial charge in [0.05, 0.1) is 11.4 Å². The van der Waals surface area contributed by atoms with Crippen molar-refractivity contribution >= 4 is 91.3 Å². The summed E-state index contributed by atoms with van der Waals surface area (Å²) in [6, 6.07) is 70.7. The molecule has 0 bridgehead atoms. The highest BCUT2D eigenvalue weighted by Crippen LogP contribution is 2.48. The van der Waals surface area contributed by atoms with Crippen LogP contribution < -0.4 is 36.0 Å². The average Bonchev–Trinajstić information content (AvgIpc) is 3.33. The molecule has 2 heterocycles. The SMILES string of the molecule is Cc1ccc(N(c2ccc(C)cc2)c2cc3c(cc2C)B2c4cc(C)c(N(c5ccc(C)cc5)c5ccc(C)cc5)cc4N(c4ccc(C)cc4)c4cccc(c42)N3c2ccc(C)cc2)cc1. The predicted molar refractivity (Wildman–Crippen MR) is 288 cm³/mol. The molecule has 0 N–H and O–H groups in total. The quantitative estimate of drug-likeness (QED) is 0.141. The van der Waals surface area contributed by atoms with Gasteiger partial charge in [0.2, 0.25) is 0 Å². The second-order valence-electron chi connectivity index (χ2n) is 18.9. The van der Waals surface area contributed by atoms with Crippen LogP contribution in [0, 0.1) is 55.4 Å². The molecule has 4 nitrogen and oxygen atoms in total. The van der Waals surface area contributed by atoms with Crippen molar-refractivity contribution in [2.45, 2.75) is 55.4 Å². The number of anilines is 12. The second-order valence-corrected chi connectivity index (χ2v) is 18.9. The van der Waals surface area contributed by atoms with E-state index in [0.29, 0.717) is 0 Å². The minimum Gasteiger partial charge on any atom is -0.311 e. The summed E-state index contributed by atoms with van der Waals surface area (Å²) in [4.78, 5) is 9.91. The number of hydrogen-bond donors (Lipinski definition) is 0. The molecule has 11 rings (SSSR count). The number of nitrogens with zero attached hydrogens (tertiary/aromatic N) is 4. The molecule has 9 aromatic carbocycles. The molecule has 0 aliphatic carbocycles. The topological polar surface area (TPSA) is 13.0 Å². The number of hydrogen-bond acceptors (Lipinski definition) is 4. The lowest BCUT2D eigenvalue weighted by Crippen LogP contribution is -2.61. The van der Waals surface area contributed by atoms with Crippen molar-refractivity contribution in [1.29, 1.82) is 0 Å². The highest BCUT2D eigenvalue weighted by atomic mass is 15.2. The van der Waals surface area contributed by atoms with Crippen molar-refractivity contribution in [3.05, 3.63) is 233 Å². The van der Waals surface area contributed by atoms with E-state index in [0.717, 1.165) is 45.5 Å². The monoisotopic (exact) mass is 866 g/mol. The van der Waals surface area contributed by atoms with Gasteiger partial charge in [-0.25, -0.2) is 0 Å². The fourth-order valence-electron chi connectivity index (χ4n) is 10.3. The first-order valence-corrected chi connectivity index (χ1v) is 23.5. The smallest absolute Gasteiger partial charge is 0.252 e. The van der Waals surface area contributed by atoms with Crippen LogP contribution >= 0.6 is 0 Å². The van der Waals surface area contributed by atoms with Gasteiger partial charge in [-0.15, -0.1) is 0 Å². The van der Waals surface area contributed by atoms with Gasteiger partial charge >= 0.3 is 0 Å². The van der Waals surface area contributed by atoms with Gasteiger partial charge in [0.25, 0.3) is 6.71 Å². The van der Waals surface area contributed by atoms with Crippen molar-refractivity contribution < 1.29 is 0 Å². The fourth-order valence-corrected chi connectivity index (χ4v) is 10.3. The number of benzene rings is 9. The number of aryl methyl sites for hydroxylation is 8. The van der Waals surface area contributed by atoms with Gasteiger partial charge in [0.15, 0.2) is 0 Å². The Labute approximate surface area is 397 Å². The van der Waals surface area contributed by atoms with Crippen LogP contribution in [0.3, 0.4) is 0 Å². The lowest BCUT2D eigenvalue weighted by molar-refractivity contribution is 1.21. The Morgan fingerprint density at radius 2 is 0.597 bits per heavy atom. The molecule has 0 unspecified atom stereocenters. The van der Waals surface area contributed by atoms with E-state index in [-0.39, 0.29) is 6.71 Å². The maximum absolute atomic E-state index is 2.52. The van der Waals surface area contributed by atoms with E-state index >= 15 is 0 Å². The van der Waals surface area contributed by atoms with Crippen LogP contribution in [0.5, 0.6) is 0 Å². The molecule has 0 saturated carbocycles. The third kappa shape index (κ3) is 7.36. The number of rotatable bonds is 8. The van der Waals surface area contributed by atoms with Crippen molar-refractivity contribution in [1.82, 2.24) is 0 Å². The largest absolute Gasteiger partial charge is 0.311 e. The Morgan fingerprint density at radius 3 is 0.896 bits per heavy atom. The minimum atomic E-state index is -0.0421. The summed E-state index contributed by atoms with van der Waals surface area (Å²) in [5.41, 5.74) is 27.6. The van der Waals surface area contributed by atoms with Gasteiger partial charge < -0.3 is 19.6 Å². The molecular formula is C62H55BN4. The van der Waals surface area contributed by atoms with E-state index in [2.05, 4.69) is 263 Å². The second kappa shape index (κ2) is 16.6. The molecule has 5 heteroatoms. The van der Waals surface area contributed by atoms with Crippen LogP contribution in [-0.2, 0) is 0 Å². The maximum atomic E-state index is 2.52. The summed E-state index contributed by atoms with van der Waals surface area (Å²) >= 11 is 0. The molecule has 2 aliphatic heterocycles. The van der Waals surface area contributed by atoms with Crippen LogP contribution in [0.25, 0.3) is 0 Å². The summed E-state index contributed by atoms with van der Waals surface area (Å²) in [6.07, 6.45) is 0. The zero-order chi connectivity index (χ0) is 46.1. The molecule has 0 radical (unpaired) electrons. The van der Waals surface area contributed by atoms with Gasteiger partial charge in [-0.05, 0) is 180 Å².